The summed E-state index contributed by atoms with van der Waals surface area (Å²) in [6.45, 7) is 3.43. The monoisotopic (exact) mass is 349 g/mol. The van der Waals surface area contributed by atoms with Gasteiger partial charge in [0.2, 0.25) is 0 Å². The Morgan fingerprint density at radius 2 is 2.24 bits per heavy atom. The van der Waals surface area contributed by atoms with E-state index in [1.807, 2.05) is 19.3 Å². The van der Waals surface area contributed by atoms with Crippen LogP contribution in [0.2, 0.25) is 0 Å². The van der Waals surface area contributed by atoms with Crippen molar-refractivity contribution >= 4 is 15.9 Å². The molecule has 1 aromatic heterocycles. The fourth-order valence-electron chi connectivity index (χ4n) is 2.37. The second kappa shape index (κ2) is 6.20. The van der Waals surface area contributed by atoms with E-state index >= 15 is 0 Å². The molecule has 1 heterocycles. The van der Waals surface area contributed by atoms with Gasteiger partial charge in [-0.3, -0.25) is 4.68 Å². The lowest BCUT2D eigenvalue weighted by atomic mass is 10.1. The van der Waals surface area contributed by atoms with Gasteiger partial charge in [-0.1, -0.05) is 15.9 Å². The maximum absolute atomic E-state index is 6.04. The van der Waals surface area contributed by atoms with Crippen LogP contribution in [0.25, 0.3) is 0 Å². The van der Waals surface area contributed by atoms with Gasteiger partial charge in [-0.25, -0.2) is 0 Å². The Hall–Kier alpha value is -1.33. The zero-order chi connectivity index (χ0) is 14.8. The fraction of sp³-hybridized carbons (Fsp3) is 0.438. The van der Waals surface area contributed by atoms with E-state index in [0.29, 0.717) is 12.6 Å². The zero-order valence-electron chi connectivity index (χ0n) is 12.4. The summed E-state index contributed by atoms with van der Waals surface area (Å²) < 4.78 is 8.93. The number of nitrogens with zero attached hydrogens (tertiary/aromatic N) is 2. The Morgan fingerprint density at radius 3 is 2.90 bits per heavy atom. The Kier molecular flexibility index (Phi) is 4.31. The summed E-state index contributed by atoms with van der Waals surface area (Å²) in [6.07, 6.45) is 4.51. The average Bonchev–Trinajstić information content (AvgIpc) is 3.17. The average molecular weight is 350 g/mol. The van der Waals surface area contributed by atoms with Crippen molar-refractivity contribution in [3.63, 3.8) is 0 Å². The molecule has 1 fully saturated rings. The number of aryl methyl sites for hydroxylation is 2. The van der Waals surface area contributed by atoms with Gasteiger partial charge in [0.15, 0.2) is 0 Å². The van der Waals surface area contributed by atoms with Gasteiger partial charge in [0.1, 0.15) is 12.4 Å². The largest absolute Gasteiger partial charge is 0.487 e. The molecule has 1 aromatic carbocycles. The minimum atomic E-state index is 0.500. The van der Waals surface area contributed by atoms with Gasteiger partial charge in [0.05, 0.1) is 5.69 Å². The van der Waals surface area contributed by atoms with E-state index in [4.69, 9.17) is 4.74 Å². The van der Waals surface area contributed by atoms with Crippen LogP contribution in [0.15, 0.2) is 28.9 Å². The summed E-state index contributed by atoms with van der Waals surface area (Å²) in [5.41, 5.74) is 3.29. The molecular formula is C16H20BrN3O. The molecule has 21 heavy (non-hydrogen) atoms. The summed E-state index contributed by atoms with van der Waals surface area (Å²) in [4.78, 5) is 0. The molecule has 0 amide bonds. The van der Waals surface area contributed by atoms with E-state index < -0.39 is 0 Å². The predicted molar refractivity (Wildman–Crippen MR) is 86.3 cm³/mol. The Morgan fingerprint density at radius 1 is 1.43 bits per heavy atom. The van der Waals surface area contributed by atoms with Crippen LogP contribution in [-0.4, -0.2) is 15.8 Å². The zero-order valence-corrected chi connectivity index (χ0v) is 14.0. The van der Waals surface area contributed by atoms with Gasteiger partial charge in [-0.15, -0.1) is 0 Å². The third-order valence-corrected chi connectivity index (χ3v) is 4.07. The van der Waals surface area contributed by atoms with Gasteiger partial charge in [0, 0.05) is 35.9 Å². The van der Waals surface area contributed by atoms with Crippen LogP contribution in [0, 0.1) is 6.92 Å². The van der Waals surface area contributed by atoms with E-state index in [1.54, 1.807) is 4.68 Å². The van der Waals surface area contributed by atoms with Crippen molar-refractivity contribution in [1.29, 1.82) is 0 Å². The lowest BCUT2D eigenvalue weighted by Crippen LogP contribution is -2.16. The van der Waals surface area contributed by atoms with Crippen LogP contribution in [0.1, 0.15) is 29.7 Å². The van der Waals surface area contributed by atoms with Gasteiger partial charge >= 0.3 is 0 Å². The third kappa shape index (κ3) is 3.86. The molecule has 1 saturated carbocycles. The van der Waals surface area contributed by atoms with E-state index in [0.717, 1.165) is 28.0 Å². The first-order chi connectivity index (χ1) is 10.1. The number of ether oxygens (including phenoxy) is 1. The molecule has 3 rings (SSSR count). The lowest BCUT2D eigenvalue weighted by molar-refractivity contribution is 0.294. The topological polar surface area (TPSA) is 39.1 Å². The molecule has 0 radical (unpaired) electrons. The molecule has 112 valence electrons. The summed E-state index contributed by atoms with van der Waals surface area (Å²) in [5.74, 6) is 0.969. The molecule has 2 aromatic rings. The Bertz CT molecular complexity index is 634. The molecule has 0 atom stereocenters. The highest BCUT2D eigenvalue weighted by Gasteiger charge is 2.21. The molecule has 0 unspecified atom stereocenters. The van der Waals surface area contributed by atoms with Crippen molar-refractivity contribution < 1.29 is 4.74 Å². The number of halogens is 1. The summed E-state index contributed by atoms with van der Waals surface area (Å²) >= 11 is 3.57. The first kappa shape index (κ1) is 14.6. The highest BCUT2D eigenvalue weighted by atomic mass is 79.9. The number of rotatable bonds is 6. The third-order valence-electron chi connectivity index (χ3n) is 3.61. The van der Waals surface area contributed by atoms with E-state index in [9.17, 15) is 0 Å². The maximum Gasteiger partial charge on any atom is 0.132 e. The highest BCUT2D eigenvalue weighted by Crippen LogP contribution is 2.30. The van der Waals surface area contributed by atoms with Crippen molar-refractivity contribution in [2.45, 2.75) is 39.0 Å². The second-order valence-electron chi connectivity index (χ2n) is 5.64. The van der Waals surface area contributed by atoms with Crippen molar-refractivity contribution in [3.8, 4) is 5.75 Å². The molecule has 1 aliphatic carbocycles. The highest BCUT2D eigenvalue weighted by molar-refractivity contribution is 9.10. The maximum atomic E-state index is 6.04. The summed E-state index contributed by atoms with van der Waals surface area (Å²) in [5, 5.41) is 7.90. The van der Waals surface area contributed by atoms with Crippen LogP contribution in [0.3, 0.4) is 0 Å². The molecule has 0 bridgehead atoms. The van der Waals surface area contributed by atoms with Crippen LogP contribution >= 0.6 is 15.9 Å². The number of hydrogen-bond acceptors (Lipinski definition) is 3. The predicted octanol–water partition coefficient (Wildman–Crippen LogP) is 3.32. The second-order valence-corrected chi connectivity index (χ2v) is 6.55. The number of benzene rings is 1. The summed E-state index contributed by atoms with van der Waals surface area (Å²) in [6, 6.07) is 6.90. The van der Waals surface area contributed by atoms with Crippen LogP contribution in [0.5, 0.6) is 5.75 Å². The van der Waals surface area contributed by atoms with Crippen molar-refractivity contribution in [3.05, 3.63) is 45.7 Å². The van der Waals surface area contributed by atoms with Gasteiger partial charge in [-0.05, 0) is 43.5 Å². The minimum absolute atomic E-state index is 0.500. The van der Waals surface area contributed by atoms with Crippen molar-refractivity contribution in [1.82, 2.24) is 15.1 Å². The molecule has 0 saturated heterocycles. The van der Waals surface area contributed by atoms with Crippen molar-refractivity contribution in [2.24, 2.45) is 7.05 Å². The molecular weight excluding hydrogens is 330 g/mol. The smallest absolute Gasteiger partial charge is 0.132 e. The molecule has 1 aliphatic rings. The molecule has 5 heteroatoms. The standard InChI is InChI=1S/C16H20BrN3O/c1-11-7-13(17)8-12(9-18-14-3-4-14)16(11)21-10-15-5-6-20(2)19-15/h5-8,14,18H,3-4,9-10H2,1-2H3. The first-order valence-electron chi connectivity index (χ1n) is 7.25. The number of nitrogens with one attached hydrogen (secondary N) is 1. The Balaban J connectivity index is 1.74. The van der Waals surface area contributed by atoms with E-state index in [-0.39, 0.29) is 0 Å². The molecule has 0 spiro atoms. The van der Waals surface area contributed by atoms with Gasteiger partial charge < -0.3 is 10.1 Å². The van der Waals surface area contributed by atoms with Crippen molar-refractivity contribution in [2.75, 3.05) is 0 Å². The number of aromatic nitrogens is 2. The van der Waals surface area contributed by atoms with Crippen LogP contribution in [0.4, 0.5) is 0 Å². The summed E-state index contributed by atoms with van der Waals surface area (Å²) in [7, 11) is 1.92. The SMILES string of the molecule is Cc1cc(Br)cc(CNC2CC2)c1OCc1ccn(C)n1. The quantitative estimate of drug-likeness (QED) is 0.869. The van der Waals surface area contributed by atoms with Crippen LogP contribution < -0.4 is 10.1 Å². The lowest BCUT2D eigenvalue weighted by Gasteiger charge is -2.15. The first-order valence-corrected chi connectivity index (χ1v) is 8.05. The van der Waals surface area contributed by atoms with Crippen LogP contribution in [-0.2, 0) is 20.2 Å². The van der Waals surface area contributed by atoms with Gasteiger partial charge in [-0.2, -0.15) is 5.10 Å². The molecule has 0 aliphatic heterocycles. The Labute approximate surface area is 133 Å². The van der Waals surface area contributed by atoms with Gasteiger partial charge in [0.25, 0.3) is 0 Å². The molecule has 4 nitrogen and oxygen atoms in total. The number of hydrogen-bond donors (Lipinski definition) is 1. The fourth-order valence-corrected chi connectivity index (χ4v) is 2.98. The van der Waals surface area contributed by atoms with E-state index in [1.165, 1.54) is 18.4 Å². The minimum Gasteiger partial charge on any atom is -0.487 e. The normalized spacial score (nSPS) is 14.4. The molecule has 1 N–H and O–H groups in total. The van der Waals surface area contributed by atoms with E-state index in [2.05, 4.69) is 45.4 Å².